The zero-order valence-corrected chi connectivity index (χ0v) is 31.6. The summed E-state index contributed by atoms with van der Waals surface area (Å²) >= 11 is 0. The van der Waals surface area contributed by atoms with E-state index in [1.54, 1.807) is 0 Å². The second-order valence-electron chi connectivity index (χ2n) is 17.1. The molecule has 51 heavy (non-hydrogen) atoms. The second kappa shape index (κ2) is 14.5. The predicted molar refractivity (Wildman–Crippen MR) is 195 cm³/mol. The molecule has 3 aromatic rings. The number of carbonyl (C=O) groups is 2. The van der Waals surface area contributed by atoms with Crippen molar-refractivity contribution in [2.24, 2.45) is 28.6 Å². The van der Waals surface area contributed by atoms with Crippen LogP contribution in [-0.2, 0) is 9.47 Å². The van der Waals surface area contributed by atoms with E-state index in [-0.39, 0.29) is 57.7 Å². The Hall–Kier alpha value is -4.04. The molecule has 2 atom stereocenters. The van der Waals surface area contributed by atoms with Crippen molar-refractivity contribution in [1.29, 1.82) is 0 Å². The molecule has 1 N–H and O–H groups in total. The Labute approximate surface area is 302 Å². The highest BCUT2D eigenvalue weighted by atomic mass is 16.6. The van der Waals surface area contributed by atoms with Gasteiger partial charge in [-0.05, 0) is 86.0 Å². The molecule has 3 heterocycles. The van der Waals surface area contributed by atoms with Gasteiger partial charge in [0.1, 0.15) is 17.4 Å². The smallest absolute Gasteiger partial charge is 0.415 e. The first-order valence-corrected chi connectivity index (χ1v) is 18.7. The van der Waals surface area contributed by atoms with Crippen LogP contribution < -0.4 is 9.47 Å². The third-order valence-electron chi connectivity index (χ3n) is 11.2. The minimum Gasteiger partial charge on any atom is -0.490 e. The van der Waals surface area contributed by atoms with Gasteiger partial charge in [-0.25, -0.2) is 23.9 Å². The van der Waals surface area contributed by atoms with Gasteiger partial charge in [0.2, 0.25) is 5.88 Å². The maximum atomic E-state index is 14.6. The number of esters is 1. The summed E-state index contributed by atoms with van der Waals surface area (Å²) in [4.78, 5) is 38.1. The van der Waals surface area contributed by atoms with Crippen molar-refractivity contribution in [2.45, 2.75) is 113 Å². The number of amides is 1. The predicted octanol–water partition coefficient (Wildman–Crippen LogP) is 9.01. The molecule has 1 saturated heterocycles. The number of rotatable bonds is 6. The lowest BCUT2D eigenvalue weighted by atomic mass is 9.59. The highest BCUT2D eigenvalue weighted by Gasteiger charge is 2.48. The highest BCUT2D eigenvalue weighted by molar-refractivity contribution is 6.05. The van der Waals surface area contributed by atoms with Crippen LogP contribution in [-0.4, -0.2) is 70.1 Å². The first-order valence-electron chi connectivity index (χ1n) is 18.7. The average molecular weight is 702 g/mol. The number of hydrogen-bond acceptors (Lipinski definition) is 7. The van der Waals surface area contributed by atoms with Crippen LogP contribution in [0.4, 0.5) is 10.5 Å². The Kier molecular flexibility index (Phi) is 10.5. The molecule has 1 amide bonds. The van der Waals surface area contributed by atoms with Gasteiger partial charge in [0, 0.05) is 30.5 Å². The fourth-order valence-corrected chi connectivity index (χ4v) is 8.22. The minimum atomic E-state index is -0.638. The molecule has 2 saturated carbocycles. The summed E-state index contributed by atoms with van der Waals surface area (Å²) < 4.78 is 25.7. The van der Waals surface area contributed by atoms with Gasteiger partial charge in [-0.3, -0.25) is 5.10 Å². The highest BCUT2D eigenvalue weighted by Crippen LogP contribution is 2.50. The van der Waals surface area contributed by atoms with E-state index in [1.807, 2.05) is 25.1 Å². The van der Waals surface area contributed by atoms with E-state index >= 15 is 0 Å². The van der Waals surface area contributed by atoms with E-state index in [9.17, 15) is 9.59 Å². The van der Waals surface area contributed by atoms with Gasteiger partial charge in [0.25, 0.3) is 5.69 Å². The van der Waals surface area contributed by atoms with Gasteiger partial charge in [-0.1, -0.05) is 54.9 Å². The Morgan fingerprint density at radius 2 is 1.65 bits per heavy atom. The van der Waals surface area contributed by atoms with Crippen LogP contribution in [0.3, 0.4) is 0 Å². The molecule has 11 heteroatoms. The molecule has 1 aliphatic heterocycles. The molecular weight excluding hydrogens is 646 g/mol. The van der Waals surface area contributed by atoms with Crippen molar-refractivity contribution in [3.05, 3.63) is 40.7 Å². The normalized spacial score (nSPS) is 23.5. The summed E-state index contributed by atoms with van der Waals surface area (Å²) in [6.45, 7) is 27.2. The number of H-pyrrole nitrogens is 1. The quantitative estimate of drug-likeness (QED) is 0.202. The standard InChI is InChI=1S/C40H55N5O6/c1-24-21-28(39(3,4)5)33(29(22-24)40(6,7)8)50-37(46)31-32(41-9)36(51-38(47)44-17-19-48-20-18-44)45-35(31)42-34(43-45)26-15-16-30(25(2)23-26)49-27-13-11-10-12-14-27/h15-16,23-24,27-29,33H,10-14,17-22H2,1-8H3,(H,42,43). The van der Waals surface area contributed by atoms with Crippen LogP contribution in [0.25, 0.3) is 21.9 Å². The number of morpholine rings is 1. The molecule has 2 unspecified atom stereocenters. The Morgan fingerprint density at radius 3 is 2.24 bits per heavy atom. The lowest BCUT2D eigenvalue weighted by molar-refractivity contribution is -0.0922. The van der Waals surface area contributed by atoms with Crippen molar-refractivity contribution in [3.63, 3.8) is 0 Å². The number of fused-ring (bicyclic) bond motifs is 1. The molecule has 0 spiro atoms. The van der Waals surface area contributed by atoms with E-state index in [1.165, 1.54) is 28.7 Å². The number of ether oxygens (including phenoxy) is 4. The van der Waals surface area contributed by atoms with E-state index < -0.39 is 12.1 Å². The molecule has 0 bridgehead atoms. The van der Waals surface area contributed by atoms with Crippen LogP contribution in [0.15, 0.2) is 18.2 Å². The third kappa shape index (κ3) is 7.76. The molecule has 1 aromatic carbocycles. The van der Waals surface area contributed by atoms with E-state index in [0.29, 0.717) is 38.0 Å². The fraction of sp³-hybridized carbons (Fsp3) is 0.650. The fourth-order valence-electron chi connectivity index (χ4n) is 8.22. The van der Waals surface area contributed by atoms with E-state index in [2.05, 4.69) is 58.4 Å². The number of aromatic amines is 1. The van der Waals surface area contributed by atoms with Crippen LogP contribution >= 0.6 is 0 Å². The van der Waals surface area contributed by atoms with E-state index in [4.69, 9.17) is 30.5 Å². The van der Waals surface area contributed by atoms with Crippen LogP contribution in [0.2, 0.25) is 0 Å². The second-order valence-corrected chi connectivity index (χ2v) is 17.1. The van der Waals surface area contributed by atoms with Crippen LogP contribution in [0.1, 0.15) is 109 Å². The van der Waals surface area contributed by atoms with Gasteiger partial charge in [-0.15, -0.1) is 0 Å². The van der Waals surface area contributed by atoms with E-state index in [0.717, 1.165) is 42.6 Å². The number of nitrogens with one attached hydrogen (secondary N) is 1. The summed E-state index contributed by atoms with van der Waals surface area (Å²) in [5, 5.41) is 3.24. The molecule has 3 fully saturated rings. The van der Waals surface area contributed by atoms with Crippen molar-refractivity contribution < 1.29 is 28.5 Å². The molecule has 2 aliphatic carbocycles. The first-order chi connectivity index (χ1) is 24.2. The topological polar surface area (TPSA) is 112 Å². The van der Waals surface area contributed by atoms with Gasteiger partial charge in [0.05, 0.1) is 25.9 Å². The number of aryl methyl sites for hydroxylation is 1. The number of hydrogen-bond donors (Lipinski definition) is 1. The SMILES string of the molecule is [C-]#[N+]c1c(C(=O)OC2C(C(C)(C)C)CC(C)CC2C(C)(C)C)c2nc(-c3ccc(OC4CCCCC4)c(C)c3)[nH]n2c1OC(=O)N1CCOCC1. The molecule has 6 rings (SSSR count). The molecule has 276 valence electrons. The number of aromatic nitrogens is 3. The maximum Gasteiger partial charge on any atom is 0.415 e. The zero-order valence-electron chi connectivity index (χ0n) is 31.6. The largest absolute Gasteiger partial charge is 0.490 e. The molecule has 3 aliphatic rings. The molecular formula is C40H55N5O6. The van der Waals surface area contributed by atoms with Crippen LogP contribution in [0.5, 0.6) is 11.6 Å². The van der Waals surface area contributed by atoms with Crippen LogP contribution in [0, 0.1) is 42.1 Å². The summed E-state index contributed by atoms with van der Waals surface area (Å²) in [6, 6.07) is 5.88. The Bertz CT molecular complexity index is 1750. The number of carbonyl (C=O) groups excluding carboxylic acids is 2. The van der Waals surface area contributed by atoms with Crippen molar-refractivity contribution in [2.75, 3.05) is 26.3 Å². The monoisotopic (exact) mass is 701 g/mol. The van der Waals surface area contributed by atoms with Crippen molar-refractivity contribution in [3.8, 4) is 23.0 Å². The number of benzene rings is 1. The van der Waals surface area contributed by atoms with Gasteiger partial charge in [0.15, 0.2) is 11.5 Å². The van der Waals surface area contributed by atoms with Gasteiger partial charge < -0.3 is 23.8 Å². The van der Waals surface area contributed by atoms with Gasteiger partial charge in [-0.2, -0.15) is 0 Å². The van der Waals surface area contributed by atoms with Crippen molar-refractivity contribution >= 4 is 23.4 Å². The summed E-state index contributed by atoms with van der Waals surface area (Å²) in [5.74, 6) is 1.26. The lowest BCUT2D eigenvalue weighted by Crippen LogP contribution is -2.49. The summed E-state index contributed by atoms with van der Waals surface area (Å²) in [5.41, 5.74) is 1.55. The summed E-state index contributed by atoms with van der Waals surface area (Å²) in [7, 11) is 0. The number of nitrogens with zero attached hydrogens (tertiary/aromatic N) is 4. The molecule has 0 radical (unpaired) electrons. The Morgan fingerprint density at radius 1 is 1.00 bits per heavy atom. The molecule has 11 nitrogen and oxygen atoms in total. The lowest BCUT2D eigenvalue weighted by Gasteiger charge is -2.50. The van der Waals surface area contributed by atoms with Crippen molar-refractivity contribution in [1.82, 2.24) is 19.5 Å². The minimum absolute atomic E-state index is 0.00908. The Balaban J connectivity index is 1.40. The summed E-state index contributed by atoms with van der Waals surface area (Å²) in [6.07, 6.45) is 6.84. The average Bonchev–Trinajstić information content (AvgIpc) is 3.63. The third-order valence-corrected chi connectivity index (χ3v) is 11.2. The maximum absolute atomic E-state index is 14.6. The first kappa shape index (κ1) is 36.7. The van der Waals surface area contributed by atoms with Gasteiger partial charge >= 0.3 is 12.1 Å². The zero-order chi connectivity index (χ0) is 36.7. The molecule has 2 aromatic heterocycles.